The van der Waals surface area contributed by atoms with E-state index in [9.17, 15) is 14.9 Å². The van der Waals surface area contributed by atoms with Crippen LogP contribution in [-0.2, 0) is 4.79 Å². The molecule has 1 saturated carbocycles. The normalized spacial score (nSPS) is 15.3. The molecule has 1 unspecified atom stereocenters. The predicted octanol–water partition coefficient (Wildman–Crippen LogP) is 1.27. The van der Waals surface area contributed by atoms with Gasteiger partial charge in [-0.25, -0.2) is 0 Å². The number of para-hydroxylation sites is 1. The summed E-state index contributed by atoms with van der Waals surface area (Å²) in [5.74, 6) is 1.96. The average Bonchev–Trinajstić information content (AvgIpc) is 3.43. The number of carbonyl (C=O) groups is 2. The zero-order chi connectivity index (χ0) is 17.6. The number of amides is 2. The van der Waals surface area contributed by atoms with Crippen molar-refractivity contribution in [3.63, 3.8) is 0 Å². The third kappa shape index (κ3) is 4.27. The minimum absolute atomic E-state index is 0.0244. The Morgan fingerprint density at radius 3 is 2.71 bits per heavy atom. The molecule has 6 heteroatoms. The van der Waals surface area contributed by atoms with Crippen molar-refractivity contribution in [2.75, 3.05) is 18.4 Å². The van der Waals surface area contributed by atoms with Gasteiger partial charge in [0.1, 0.15) is 5.54 Å². The average molecular weight is 324 g/mol. The Balaban J connectivity index is 1.97. The van der Waals surface area contributed by atoms with Gasteiger partial charge in [0.05, 0.1) is 24.7 Å². The standard InChI is InChI=1S/C18H20N4O2/c1-3-10-20-17(24)14-6-4-5-7-15(14)21-11-16(23)22-18(2,12-19)13-8-9-13/h1,4-7,13,21H,8-11H2,2H3,(H,20,24)(H,22,23). The van der Waals surface area contributed by atoms with Gasteiger partial charge in [0, 0.05) is 5.69 Å². The van der Waals surface area contributed by atoms with Crippen molar-refractivity contribution in [1.82, 2.24) is 10.6 Å². The maximum Gasteiger partial charge on any atom is 0.254 e. The first kappa shape index (κ1) is 17.4. The molecule has 0 aliphatic heterocycles. The van der Waals surface area contributed by atoms with Gasteiger partial charge in [-0.15, -0.1) is 6.42 Å². The summed E-state index contributed by atoms with van der Waals surface area (Å²) < 4.78 is 0. The smallest absolute Gasteiger partial charge is 0.254 e. The number of nitrogens with one attached hydrogen (secondary N) is 3. The highest BCUT2D eigenvalue weighted by Gasteiger charge is 2.42. The highest BCUT2D eigenvalue weighted by molar-refractivity contribution is 6.00. The number of hydrogen-bond donors (Lipinski definition) is 3. The van der Waals surface area contributed by atoms with E-state index in [1.807, 2.05) is 0 Å². The van der Waals surface area contributed by atoms with Crippen molar-refractivity contribution in [2.45, 2.75) is 25.3 Å². The van der Waals surface area contributed by atoms with Crippen LogP contribution in [0.15, 0.2) is 24.3 Å². The maximum absolute atomic E-state index is 12.1. The minimum atomic E-state index is -0.831. The van der Waals surface area contributed by atoms with Crippen molar-refractivity contribution < 1.29 is 9.59 Å². The van der Waals surface area contributed by atoms with E-state index in [0.717, 1.165) is 12.8 Å². The van der Waals surface area contributed by atoms with Crippen LogP contribution in [0.1, 0.15) is 30.1 Å². The maximum atomic E-state index is 12.1. The summed E-state index contributed by atoms with van der Waals surface area (Å²) in [7, 11) is 0. The molecule has 0 saturated heterocycles. The largest absolute Gasteiger partial charge is 0.376 e. The van der Waals surface area contributed by atoms with Crippen LogP contribution >= 0.6 is 0 Å². The topological polar surface area (TPSA) is 94.0 Å². The summed E-state index contributed by atoms with van der Waals surface area (Å²) in [5, 5.41) is 17.6. The third-order valence-electron chi connectivity index (χ3n) is 3.99. The van der Waals surface area contributed by atoms with E-state index < -0.39 is 5.54 Å². The molecule has 1 aromatic rings. The van der Waals surface area contributed by atoms with Crippen LogP contribution in [-0.4, -0.2) is 30.4 Å². The van der Waals surface area contributed by atoms with Gasteiger partial charge >= 0.3 is 0 Å². The van der Waals surface area contributed by atoms with Gasteiger partial charge in [0.15, 0.2) is 0 Å². The Labute approximate surface area is 141 Å². The molecule has 2 amide bonds. The van der Waals surface area contributed by atoms with E-state index in [1.54, 1.807) is 31.2 Å². The molecular weight excluding hydrogens is 304 g/mol. The first-order valence-corrected chi connectivity index (χ1v) is 7.77. The number of terminal acetylenes is 1. The molecule has 1 atom stereocenters. The number of benzene rings is 1. The van der Waals surface area contributed by atoms with Crippen molar-refractivity contribution >= 4 is 17.5 Å². The first-order valence-electron chi connectivity index (χ1n) is 7.77. The van der Waals surface area contributed by atoms with Gasteiger partial charge in [0.25, 0.3) is 5.91 Å². The van der Waals surface area contributed by atoms with Gasteiger partial charge < -0.3 is 16.0 Å². The van der Waals surface area contributed by atoms with E-state index in [4.69, 9.17) is 6.42 Å². The SMILES string of the molecule is C#CCNC(=O)c1ccccc1NCC(=O)NC(C)(C#N)C1CC1. The number of hydrogen-bond acceptors (Lipinski definition) is 4. The van der Waals surface area contributed by atoms with E-state index >= 15 is 0 Å². The van der Waals surface area contributed by atoms with Gasteiger partial charge in [0.2, 0.25) is 5.91 Å². The van der Waals surface area contributed by atoms with Gasteiger partial charge in [-0.3, -0.25) is 9.59 Å². The molecule has 0 radical (unpaired) electrons. The monoisotopic (exact) mass is 324 g/mol. The molecule has 1 aromatic carbocycles. The van der Waals surface area contributed by atoms with Crippen molar-refractivity contribution in [1.29, 1.82) is 5.26 Å². The second kappa shape index (κ2) is 7.52. The van der Waals surface area contributed by atoms with Crippen LogP contribution in [0.4, 0.5) is 5.69 Å². The Morgan fingerprint density at radius 2 is 2.08 bits per heavy atom. The summed E-state index contributed by atoms with van der Waals surface area (Å²) in [6.45, 7) is 1.85. The molecular formula is C18H20N4O2. The van der Waals surface area contributed by atoms with Crippen LogP contribution in [0.2, 0.25) is 0 Å². The minimum Gasteiger partial charge on any atom is -0.376 e. The molecule has 1 fully saturated rings. The molecule has 1 aliphatic rings. The molecule has 0 bridgehead atoms. The molecule has 0 aromatic heterocycles. The summed E-state index contributed by atoms with van der Waals surface area (Å²) >= 11 is 0. The summed E-state index contributed by atoms with van der Waals surface area (Å²) in [6, 6.07) is 9.04. The van der Waals surface area contributed by atoms with Gasteiger partial charge in [-0.2, -0.15) is 5.26 Å². The second-order valence-corrected chi connectivity index (χ2v) is 5.92. The summed E-state index contributed by atoms with van der Waals surface area (Å²) in [6.07, 6.45) is 7.04. The van der Waals surface area contributed by atoms with Gasteiger partial charge in [-0.1, -0.05) is 18.1 Å². The number of rotatable bonds is 7. The number of anilines is 1. The molecule has 124 valence electrons. The van der Waals surface area contributed by atoms with Crippen LogP contribution in [0.3, 0.4) is 0 Å². The fraction of sp³-hybridized carbons (Fsp3) is 0.389. The van der Waals surface area contributed by atoms with Crippen LogP contribution in [0.25, 0.3) is 0 Å². The van der Waals surface area contributed by atoms with Gasteiger partial charge in [-0.05, 0) is 37.8 Å². The Hall–Kier alpha value is -2.99. The summed E-state index contributed by atoms with van der Waals surface area (Å²) in [5.41, 5.74) is 0.112. The number of nitrogens with zero attached hydrogens (tertiary/aromatic N) is 1. The van der Waals surface area contributed by atoms with Crippen molar-refractivity contribution in [2.24, 2.45) is 5.92 Å². The fourth-order valence-corrected chi connectivity index (χ4v) is 2.45. The quantitative estimate of drug-likeness (QED) is 0.658. The lowest BCUT2D eigenvalue weighted by Gasteiger charge is -2.23. The van der Waals surface area contributed by atoms with E-state index in [1.165, 1.54) is 0 Å². The van der Waals surface area contributed by atoms with Crippen LogP contribution in [0.5, 0.6) is 0 Å². The molecule has 0 spiro atoms. The lowest BCUT2D eigenvalue weighted by atomic mass is 9.98. The highest BCUT2D eigenvalue weighted by Crippen LogP contribution is 2.39. The zero-order valence-corrected chi connectivity index (χ0v) is 13.6. The molecule has 0 heterocycles. The fourth-order valence-electron chi connectivity index (χ4n) is 2.45. The third-order valence-corrected chi connectivity index (χ3v) is 3.99. The van der Waals surface area contributed by atoms with E-state index in [2.05, 4.69) is 27.9 Å². The highest BCUT2D eigenvalue weighted by atomic mass is 16.2. The molecule has 24 heavy (non-hydrogen) atoms. The second-order valence-electron chi connectivity index (χ2n) is 5.92. The first-order chi connectivity index (χ1) is 11.5. The van der Waals surface area contributed by atoms with E-state index in [-0.39, 0.29) is 30.8 Å². The molecule has 1 aliphatic carbocycles. The lowest BCUT2D eigenvalue weighted by Crippen LogP contribution is -2.48. The van der Waals surface area contributed by atoms with E-state index in [0.29, 0.717) is 11.3 Å². The Bertz CT molecular complexity index is 712. The van der Waals surface area contributed by atoms with Crippen LogP contribution in [0, 0.1) is 29.6 Å². The lowest BCUT2D eigenvalue weighted by molar-refractivity contribution is -0.120. The van der Waals surface area contributed by atoms with Crippen LogP contribution < -0.4 is 16.0 Å². The summed E-state index contributed by atoms with van der Waals surface area (Å²) in [4.78, 5) is 24.2. The molecule has 2 rings (SSSR count). The molecule has 3 N–H and O–H groups in total. The number of carbonyl (C=O) groups excluding carboxylic acids is 2. The number of nitriles is 1. The zero-order valence-electron chi connectivity index (χ0n) is 13.6. The molecule has 6 nitrogen and oxygen atoms in total. The van der Waals surface area contributed by atoms with Crippen molar-refractivity contribution in [3.8, 4) is 18.4 Å². The van der Waals surface area contributed by atoms with Crippen molar-refractivity contribution in [3.05, 3.63) is 29.8 Å². The Kier molecular flexibility index (Phi) is 5.44. The predicted molar refractivity (Wildman–Crippen MR) is 91.0 cm³/mol. The Morgan fingerprint density at radius 1 is 1.38 bits per heavy atom.